The highest BCUT2D eigenvalue weighted by Crippen LogP contribution is 2.25. The zero-order valence-electron chi connectivity index (χ0n) is 12.3. The van der Waals surface area contributed by atoms with Crippen LogP contribution in [0.15, 0.2) is 41.1 Å². The van der Waals surface area contributed by atoms with Crippen molar-refractivity contribution >= 4 is 26.8 Å². The maximum Gasteiger partial charge on any atom is 0.108 e. The lowest BCUT2D eigenvalue weighted by atomic mass is 10.0. The van der Waals surface area contributed by atoms with Crippen LogP contribution in [0.1, 0.15) is 30.4 Å². The van der Waals surface area contributed by atoms with Gasteiger partial charge in [-0.1, -0.05) is 22.0 Å². The standard InChI is InChI=1S/C17H19BrN4/c18-15-4-2-5-16-14(15)9-12(21-16)10-19-11-13-3-1-6-17-20-7-8-22(13)17/h2,4-5,7-9,13,19,21H,1,3,6,10-11H2. The highest BCUT2D eigenvalue weighted by atomic mass is 79.9. The van der Waals surface area contributed by atoms with Crippen LogP contribution in [0.2, 0.25) is 0 Å². The third-order valence-electron chi connectivity index (χ3n) is 4.44. The first-order chi connectivity index (χ1) is 10.8. The predicted octanol–water partition coefficient (Wildman–Crippen LogP) is 3.79. The van der Waals surface area contributed by atoms with Crippen molar-refractivity contribution in [3.63, 3.8) is 0 Å². The molecule has 2 aromatic heterocycles. The number of nitrogens with one attached hydrogen (secondary N) is 2. The Morgan fingerprint density at radius 1 is 1.41 bits per heavy atom. The number of aryl methyl sites for hydroxylation is 1. The van der Waals surface area contributed by atoms with E-state index in [0.717, 1.165) is 24.0 Å². The molecule has 0 amide bonds. The van der Waals surface area contributed by atoms with Crippen LogP contribution < -0.4 is 5.32 Å². The molecule has 4 rings (SSSR count). The predicted molar refractivity (Wildman–Crippen MR) is 91.9 cm³/mol. The first-order valence-electron chi connectivity index (χ1n) is 7.80. The molecule has 0 spiro atoms. The third kappa shape index (κ3) is 2.59. The van der Waals surface area contributed by atoms with Gasteiger partial charge in [-0.05, 0) is 31.0 Å². The van der Waals surface area contributed by atoms with Crippen molar-refractivity contribution in [1.82, 2.24) is 19.9 Å². The Morgan fingerprint density at radius 3 is 3.27 bits per heavy atom. The average molecular weight is 359 g/mol. The van der Waals surface area contributed by atoms with E-state index in [-0.39, 0.29) is 0 Å². The normalized spacial score (nSPS) is 17.8. The lowest BCUT2D eigenvalue weighted by Gasteiger charge is -2.25. The molecule has 4 nitrogen and oxygen atoms in total. The molecular weight excluding hydrogens is 340 g/mol. The Hall–Kier alpha value is -1.59. The van der Waals surface area contributed by atoms with Crippen LogP contribution in [-0.2, 0) is 13.0 Å². The number of nitrogens with zero attached hydrogens (tertiary/aromatic N) is 2. The summed E-state index contributed by atoms with van der Waals surface area (Å²) in [5.41, 5.74) is 2.41. The summed E-state index contributed by atoms with van der Waals surface area (Å²) in [6.45, 7) is 1.85. The second kappa shape index (κ2) is 5.89. The number of fused-ring (bicyclic) bond motifs is 2. The van der Waals surface area contributed by atoms with Crippen LogP contribution in [0.25, 0.3) is 10.9 Å². The second-order valence-electron chi connectivity index (χ2n) is 5.92. The fraction of sp³-hybridized carbons (Fsp3) is 0.353. The van der Waals surface area contributed by atoms with Gasteiger partial charge in [-0.25, -0.2) is 4.98 Å². The highest BCUT2D eigenvalue weighted by molar-refractivity contribution is 9.10. The fourth-order valence-electron chi connectivity index (χ4n) is 3.35. The topological polar surface area (TPSA) is 45.6 Å². The zero-order chi connectivity index (χ0) is 14.9. The minimum atomic E-state index is 0.530. The monoisotopic (exact) mass is 358 g/mol. The number of hydrogen-bond donors (Lipinski definition) is 2. The molecule has 1 atom stereocenters. The Kier molecular flexibility index (Phi) is 3.76. The molecule has 0 bridgehead atoms. The van der Waals surface area contributed by atoms with Crippen molar-refractivity contribution in [3.8, 4) is 0 Å². The summed E-state index contributed by atoms with van der Waals surface area (Å²) in [6, 6.07) is 9.00. The first-order valence-corrected chi connectivity index (χ1v) is 8.59. The highest BCUT2D eigenvalue weighted by Gasteiger charge is 2.19. The van der Waals surface area contributed by atoms with Crippen LogP contribution >= 0.6 is 15.9 Å². The van der Waals surface area contributed by atoms with Gasteiger partial charge >= 0.3 is 0 Å². The molecule has 3 heterocycles. The third-order valence-corrected chi connectivity index (χ3v) is 5.13. The molecule has 1 aliphatic heterocycles. The Labute approximate surface area is 138 Å². The van der Waals surface area contributed by atoms with E-state index in [1.807, 2.05) is 6.20 Å². The maximum absolute atomic E-state index is 4.44. The van der Waals surface area contributed by atoms with Gasteiger partial charge in [-0.3, -0.25) is 0 Å². The minimum absolute atomic E-state index is 0.530. The molecule has 0 radical (unpaired) electrons. The van der Waals surface area contributed by atoms with Crippen molar-refractivity contribution in [1.29, 1.82) is 0 Å². The van der Waals surface area contributed by atoms with E-state index >= 15 is 0 Å². The molecule has 22 heavy (non-hydrogen) atoms. The molecule has 0 saturated heterocycles. The van der Waals surface area contributed by atoms with E-state index in [4.69, 9.17) is 0 Å². The summed E-state index contributed by atoms with van der Waals surface area (Å²) in [4.78, 5) is 7.91. The van der Waals surface area contributed by atoms with Crippen molar-refractivity contribution < 1.29 is 0 Å². The molecule has 114 valence electrons. The van der Waals surface area contributed by atoms with Gasteiger partial charge in [0.1, 0.15) is 5.82 Å². The van der Waals surface area contributed by atoms with Crippen LogP contribution in [-0.4, -0.2) is 21.1 Å². The summed E-state index contributed by atoms with van der Waals surface area (Å²) in [6.07, 6.45) is 7.61. The summed E-state index contributed by atoms with van der Waals surface area (Å²) >= 11 is 3.60. The Balaban J connectivity index is 1.42. The largest absolute Gasteiger partial charge is 0.357 e. The van der Waals surface area contributed by atoms with Crippen molar-refractivity contribution in [2.24, 2.45) is 0 Å². The van der Waals surface area contributed by atoms with E-state index in [1.165, 1.54) is 35.3 Å². The lowest BCUT2D eigenvalue weighted by Crippen LogP contribution is -2.28. The quantitative estimate of drug-likeness (QED) is 0.745. The van der Waals surface area contributed by atoms with Gasteiger partial charge in [0, 0.05) is 59.0 Å². The number of imidazole rings is 1. The van der Waals surface area contributed by atoms with Crippen molar-refractivity contribution in [3.05, 3.63) is 52.7 Å². The number of H-pyrrole nitrogens is 1. The number of benzene rings is 1. The first kappa shape index (κ1) is 14.0. The molecule has 0 aliphatic carbocycles. The summed E-state index contributed by atoms with van der Waals surface area (Å²) in [5, 5.41) is 4.83. The maximum atomic E-state index is 4.44. The number of halogens is 1. The molecule has 2 N–H and O–H groups in total. The number of rotatable bonds is 4. The molecular formula is C17H19BrN4. The van der Waals surface area contributed by atoms with Gasteiger partial charge in [-0.2, -0.15) is 0 Å². The fourth-order valence-corrected chi connectivity index (χ4v) is 3.83. The summed E-state index contributed by atoms with van der Waals surface area (Å²) in [7, 11) is 0. The number of hydrogen-bond acceptors (Lipinski definition) is 2. The van der Waals surface area contributed by atoms with E-state index in [0.29, 0.717) is 6.04 Å². The van der Waals surface area contributed by atoms with Crippen LogP contribution in [0, 0.1) is 0 Å². The molecule has 0 fully saturated rings. The number of aromatic amines is 1. The summed E-state index contributed by atoms with van der Waals surface area (Å²) < 4.78 is 3.47. The van der Waals surface area contributed by atoms with Crippen LogP contribution in [0.4, 0.5) is 0 Å². The van der Waals surface area contributed by atoms with E-state index < -0.39 is 0 Å². The second-order valence-corrected chi connectivity index (χ2v) is 6.78. The van der Waals surface area contributed by atoms with E-state index in [2.05, 4.69) is 66.2 Å². The van der Waals surface area contributed by atoms with Gasteiger partial charge < -0.3 is 14.9 Å². The molecule has 0 saturated carbocycles. The number of aromatic nitrogens is 3. The summed E-state index contributed by atoms with van der Waals surface area (Å²) in [5.74, 6) is 1.23. The molecule has 3 aromatic rings. The average Bonchev–Trinajstić information content (AvgIpc) is 3.14. The SMILES string of the molecule is Brc1cccc2[nH]c(CNCC3CCCc4nccn43)cc12. The van der Waals surface area contributed by atoms with E-state index in [9.17, 15) is 0 Å². The molecule has 1 aromatic carbocycles. The Morgan fingerprint density at radius 2 is 2.36 bits per heavy atom. The van der Waals surface area contributed by atoms with E-state index in [1.54, 1.807) is 0 Å². The van der Waals surface area contributed by atoms with Crippen LogP contribution in [0.5, 0.6) is 0 Å². The van der Waals surface area contributed by atoms with Crippen molar-refractivity contribution in [2.75, 3.05) is 6.54 Å². The van der Waals surface area contributed by atoms with Gasteiger partial charge in [0.25, 0.3) is 0 Å². The van der Waals surface area contributed by atoms with Crippen molar-refractivity contribution in [2.45, 2.75) is 31.8 Å². The lowest BCUT2D eigenvalue weighted by molar-refractivity contribution is 0.375. The molecule has 1 unspecified atom stereocenters. The van der Waals surface area contributed by atoms with Gasteiger partial charge in [0.05, 0.1) is 0 Å². The minimum Gasteiger partial charge on any atom is -0.357 e. The molecule has 5 heteroatoms. The molecule has 1 aliphatic rings. The van der Waals surface area contributed by atoms with Gasteiger partial charge in [0.15, 0.2) is 0 Å². The Bertz CT molecular complexity index is 789. The van der Waals surface area contributed by atoms with Gasteiger partial charge in [0.2, 0.25) is 0 Å². The smallest absolute Gasteiger partial charge is 0.108 e. The zero-order valence-corrected chi connectivity index (χ0v) is 13.9. The van der Waals surface area contributed by atoms with Gasteiger partial charge in [-0.15, -0.1) is 0 Å². The van der Waals surface area contributed by atoms with Crippen LogP contribution in [0.3, 0.4) is 0 Å².